The third-order valence-electron chi connectivity index (χ3n) is 2.43. The van der Waals surface area contributed by atoms with Gasteiger partial charge in [0.15, 0.2) is 12.4 Å². The largest absolute Gasteiger partial charge is 0.497 e. The minimum Gasteiger partial charge on any atom is -0.497 e. The van der Waals surface area contributed by atoms with E-state index in [-0.39, 0.29) is 6.61 Å². The van der Waals surface area contributed by atoms with E-state index in [9.17, 15) is 0 Å². The van der Waals surface area contributed by atoms with E-state index in [0.717, 1.165) is 0 Å². The molecule has 19 heavy (non-hydrogen) atoms. The summed E-state index contributed by atoms with van der Waals surface area (Å²) in [6, 6.07) is 6.99. The summed E-state index contributed by atoms with van der Waals surface area (Å²) in [6.07, 6.45) is 0.710. The maximum Gasteiger partial charge on any atom is 0.264 e. The summed E-state index contributed by atoms with van der Waals surface area (Å²) in [5, 5.41) is 12.7. The zero-order valence-corrected chi connectivity index (χ0v) is 10.7. The third-order valence-corrected chi connectivity index (χ3v) is 2.43. The van der Waals surface area contributed by atoms with Crippen LogP contribution in [0.25, 0.3) is 0 Å². The maximum atomic E-state index is 8.90. The second kappa shape index (κ2) is 5.87. The summed E-state index contributed by atoms with van der Waals surface area (Å²) in [5.74, 6) is 2.13. The Labute approximate surface area is 110 Å². The highest BCUT2D eigenvalue weighted by Gasteiger charge is 2.07. The van der Waals surface area contributed by atoms with Crippen LogP contribution in [0.15, 0.2) is 22.7 Å². The molecule has 0 atom stereocenters. The molecule has 1 heterocycles. The summed E-state index contributed by atoms with van der Waals surface area (Å²) in [7, 11) is 1.53. The summed E-state index contributed by atoms with van der Waals surface area (Å²) < 4.78 is 15.6. The number of methoxy groups -OCH3 is 1. The predicted octanol–water partition coefficient (Wildman–Crippen LogP) is 2.09. The number of aryl methyl sites for hydroxylation is 1. The number of hydrogen-bond acceptors (Lipinski definition) is 6. The Morgan fingerprint density at radius 2 is 2.11 bits per heavy atom. The van der Waals surface area contributed by atoms with Gasteiger partial charge >= 0.3 is 0 Å². The second-order valence-corrected chi connectivity index (χ2v) is 3.76. The van der Waals surface area contributed by atoms with Crippen molar-refractivity contribution in [2.45, 2.75) is 20.0 Å². The monoisotopic (exact) mass is 259 g/mol. The van der Waals surface area contributed by atoms with E-state index in [1.165, 1.54) is 7.11 Å². The van der Waals surface area contributed by atoms with Crippen LogP contribution in [0, 0.1) is 11.3 Å². The summed E-state index contributed by atoms with van der Waals surface area (Å²) in [6.45, 7) is 2.10. The van der Waals surface area contributed by atoms with Crippen LogP contribution >= 0.6 is 0 Å². The molecule has 1 aromatic carbocycles. The quantitative estimate of drug-likeness (QED) is 0.817. The lowest BCUT2D eigenvalue weighted by atomic mass is 10.2. The molecule has 0 saturated heterocycles. The molecule has 0 aliphatic carbocycles. The highest BCUT2D eigenvalue weighted by Crippen LogP contribution is 2.23. The van der Waals surface area contributed by atoms with Gasteiger partial charge in [0.2, 0.25) is 0 Å². The Kier molecular flexibility index (Phi) is 3.98. The number of benzene rings is 1. The maximum absolute atomic E-state index is 8.90. The summed E-state index contributed by atoms with van der Waals surface area (Å²) in [5.41, 5.74) is 0.467. The lowest BCUT2D eigenvalue weighted by molar-refractivity contribution is 0.241. The minimum atomic E-state index is 0.158. The molecule has 0 amide bonds. The third kappa shape index (κ3) is 3.22. The Hall–Kier alpha value is -2.55. The van der Waals surface area contributed by atoms with Crippen molar-refractivity contribution < 1.29 is 14.0 Å². The molecule has 0 saturated carbocycles. The van der Waals surface area contributed by atoms with Crippen LogP contribution in [0.3, 0.4) is 0 Å². The second-order valence-electron chi connectivity index (χ2n) is 3.76. The van der Waals surface area contributed by atoms with Gasteiger partial charge < -0.3 is 14.0 Å². The molecule has 0 N–H and O–H groups in total. The Morgan fingerprint density at radius 1 is 1.32 bits per heavy atom. The molecule has 0 bridgehead atoms. The first-order valence-corrected chi connectivity index (χ1v) is 5.78. The van der Waals surface area contributed by atoms with Gasteiger partial charge in [-0.25, -0.2) is 0 Å². The molecule has 0 fully saturated rings. The van der Waals surface area contributed by atoms with Crippen LogP contribution in [0.1, 0.15) is 24.2 Å². The molecular formula is C13H13N3O3. The van der Waals surface area contributed by atoms with Crippen LogP contribution in [0.2, 0.25) is 0 Å². The van der Waals surface area contributed by atoms with Crippen molar-refractivity contribution >= 4 is 0 Å². The van der Waals surface area contributed by atoms with Gasteiger partial charge in [0, 0.05) is 12.5 Å². The van der Waals surface area contributed by atoms with Crippen LogP contribution < -0.4 is 9.47 Å². The van der Waals surface area contributed by atoms with E-state index in [2.05, 4.69) is 10.1 Å². The van der Waals surface area contributed by atoms with Gasteiger partial charge in [-0.1, -0.05) is 12.1 Å². The lowest BCUT2D eigenvalue weighted by Crippen LogP contribution is -1.97. The number of ether oxygens (including phenoxy) is 2. The molecule has 0 aliphatic heterocycles. The molecule has 2 rings (SSSR count). The topological polar surface area (TPSA) is 81.2 Å². The predicted molar refractivity (Wildman–Crippen MR) is 65.7 cm³/mol. The van der Waals surface area contributed by atoms with Crippen LogP contribution in [0.5, 0.6) is 11.5 Å². The smallest absolute Gasteiger partial charge is 0.264 e. The first-order valence-electron chi connectivity index (χ1n) is 5.78. The normalized spacial score (nSPS) is 9.95. The van der Waals surface area contributed by atoms with Crippen molar-refractivity contribution in [2.24, 2.45) is 0 Å². The van der Waals surface area contributed by atoms with Gasteiger partial charge in [-0.05, 0) is 12.1 Å². The summed E-state index contributed by atoms with van der Waals surface area (Å²) >= 11 is 0. The molecule has 0 spiro atoms. The SMILES string of the molecule is CCc1noc(COc2cc(C#N)cc(OC)c2)n1. The van der Waals surface area contributed by atoms with Gasteiger partial charge in [0.25, 0.3) is 5.89 Å². The van der Waals surface area contributed by atoms with E-state index in [1.807, 2.05) is 13.0 Å². The van der Waals surface area contributed by atoms with Gasteiger partial charge in [0.05, 0.1) is 18.7 Å². The number of nitriles is 1. The Balaban J connectivity index is 2.08. The van der Waals surface area contributed by atoms with E-state index < -0.39 is 0 Å². The lowest BCUT2D eigenvalue weighted by Gasteiger charge is -2.06. The molecule has 6 nitrogen and oxygen atoms in total. The van der Waals surface area contributed by atoms with E-state index >= 15 is 0 Å². The average molecular weight is 259 g/mol. The molecule has 0 unspecified atom stereocenters. The number of hydrogen-bond donors (Lipinski definition) is 0. The number of nitrogens with zero attached hydrogens (tertiary/aromatic N) is 3. The van der Waals surface area contributed by atoms with Crippen molar-refractivity contribution in [3.8, 4) is 17.6 Å². The molecular weight excluding hydrogens is 246 g/mol. The molecule has 2 aromatic rings. The minimum absolute atomic E-state index is 0.158. The highest BCUT2D eigenvalue weighted by molar-refractivity contribution is 5.43. The molecule has 6 heteroatoms. The first-order chi connectivity index (χ1) is 9.25. The van der Waals surface area contributed by atoms with Crippen LogP contribution in [-0.2, 0) is 13.0 Å². The average Bonchev–Trinajstić information content (AvgIpc) is 2.92. The molecule has 1 aromatic heterocycles. The fourth-order valence-electron chi connectivity index (χ4n) is 1.47. The van der Waals surface area contributed by atoms with E-state index in [4.69, 9.17) is 19.3 Å². The van der Waals surface area contributed by atoms with Gasteiger partial charge in [-0.15, -0.1) is 0 Å². The Bertz CT molecular complexity index is 601. The van der Waals surface area contributed by atoms with Crippen molar-refractivity contribution in [3.05, 3.63) is 35.5 Å². The first kappa shape index (κ1) is 12.9. The molecule has 0 radical (unpaired) electrons. The van der Waals surface area contributed by atoms with Crippen molar-refractivity contribution in [2.75, 3.05) is 7.11 Å². The van der Waals surface area contributed by atoms with Gasteiger partial charge in [-0.2, -0.15) is 10.2 Å². The number of aromatic nitrogens is 2. The standard InChI is InChI=1S/C13H13N3O3/c1-3-12-15-13(19-16-12)8-18-11-5-9(7-14)4-10(6-11)17-2/h4-6H,3,8H2,1-2H3. The van der Waals surface area contributed by atoms with Crippen LogP contribution in [-0.4, -0.2) is 17.3 Å². The van der Waals surface area contributed by atoms with Crippen molar-refractivity contribution in [1.82, 2.24) is 10.1 Å². The Morgan fingerprint density at radius 3 is 2.74 bits per heavy atom. The number of rotatable bonds is 5. The highest BCUT2D eigenvalue weighted by atomic mass is 16.5. The van der Waals surface area contributed by atoms with E-state index in [1.54, 1.807) is 18.2 Å². The fraction of sp³-hybridized carbons (Fsp3) is 0.308. The van der Waals surface area contributed by atoms with Crippen molar-refractivity contribution in [3.63, 3.8) is 0 Å². The van der Waals surface area contributed by atoms with E-state index in [0.29, 0.717) is 35.2 Å². The fourth-order valence-corrected chi connectivity index (χ4v) is 1.47. The van der Waals surface area contributed by atoms with Crippen molar-refractivity contribution in [1.29, 1.82) is 5.26 Å². The zero-order valence-electron chi connectivity index (χ0n) is 10.7. The van der Waals surface area contributed by atoms with Crippen LogP contribution in [0.4, 0.5) is 0 Å². The molecule has 0 aliphatic rings. The van der Waals surface area contributed by atoms with Gasteiger partial charge in [0.1, 0.15) is 11.5 Å². The molecule has 98 valence electrons. The summed E-state index contributed by atoms with van der Waals surface area (Å²) in [4.78, 5) is 4.13. The van der Waals surface area contributed by atoms with Gasteiger partial charge in [-0.3, -0.25) is 0 Å². The zero-order chi connectivity index (χ0) is 13.7.